The second-order valence-electron chi connectivity index (χ2n) is 7.70. The van der Waals surface area contributed by atoms with Crippen LogP contribution >= 0.6 is 0 Å². The summed E-state index contributed by atoms with van der Waals surface area (Å²) in [7, 11) is -3.00. The summed E-state index contributed by atoms with van der Waals surface area (Å²) < 4.78 is 23.0. The van der Waals surface area contributed by atoms with E-state index in [-0.39, 0.29) is 23.3 Å². The number of amides is 1. The maximum absolute atomic E-state index is 12.2. The number of aromatic amines is 1. The second kappa shape index (κ2) is 7.02. The molecule has 1 unspecified atom stereocenters. The van der Waals surface area contributed by atoms with Crippen molar-refractivity contribution in [1.82, 2.24) is 15.3 Å². The van der Waals surface area contributed by atoms with E-state index in [1.165, 1.54) is 0 Å². The highest BCUT2D eigenvalue weighted by atomic mass is 32.2. The SMILES string of the molecule is O=C(NCC1CCC(c2nc3ccccc3[nH]2)CC1)C1CCS(=O)(=O)C1. The van der Waals surface area contributed by atoms with Crippen molar-refractivity contribution in [3.63, 3.8) is 0 Å². The van der Waals surface area contributed by atoms with Gasteiger partial charge in [0.1, 0.15) is 5.82 Å². The molecule has 1 atom stereocenters. The van der Waals surface area contributed by atoms with Crippen LogP contribution in [-0.2, 0) is 14.6 Å². The normalized spacial score (nSPS) is 28.2. The Kier molecular flexibility index (Phi) is 4.73. The van der Waals surface area contributed by atoms with Gasteiger partial charge in [0, 0.05) is 12.5 Å². The van der Waals surface area contributed by atoms with Crippen LogP contribution < -0.4 is 5.32 Å². The van der Waals surface area contributed by atoms with E-state index in [4.69, 9.17) is 4.98 Å². The maximum Gasteiger partial charge on any atom is 0.224 e. The van der Waals surface area contributed by atoms with Gasteiger partial charge in [-0.05, 0) is 50.2 Å². The van der Waals surface area contributed by atoms with Crippen LogP contribution in [-0.4, -0.2) is 42.3 Å². The number of para-hydroxylation sites is 2. The minimum absolute atomic E-state index is 0.0115. The third-order valence-electron chi connectivity index (χ3n) is 5.81. The van der Waals surface area contributed by atoms with Crippen molar-refractivity contribution in [3.05, 3.63) is 30.1 Å². The summed E-state index contributed by atoms with van der Waals surface area (Å²) in [4.78, 5) is 20.3. The van der Waals surface area contributed by atoms with Crippen molar-refractivity contribution in [1.29, 1.82) is 0 Å². The number of nitrogens with one attached hydrogen (secondary N) is 2. The largest absolute Gasteiger partial charge is 0.356 e. The molecule has 1 amide bonds. The van der Waals surface area contributed by atoms with Gasteiger partial charge in [-0.2, -0.15) is 0 Å². The van der Waals surface area contributed by atoms with E-state index in [0.717, 1.165) is 42.5 Å². The van der Waals surface area contributed by atoms with Gasteiger partial charge in [0.05, 0.1) is 28.5 Å². The smallest absolute Gasteiger partial charge is 0.224 e. The molecule has 7 heteroatoms. The molecular formula is C19H25N3O3S. The molecular weight excluding hydrogens is 350 g/mol. The highest BCUT2D eigenvalue weighted by molar-refractivity contribution is 7.91. The summed E-state index contributed by atoms with van der Waals surface area (Å²) in [5.41, 5.74) is 2.10. The molecule has 2 aromatic rings. The Bertz CT molecular complexity index is 865. The fraction of sp³-hybridized carbons (Fsp3) is 0.579. The molecule has 4 rings (SSSR count). The third-order valence-corrected chi connectivity index (χ3v) is 7.58. The topological polar surface area (TPSA) is 91.9 Å². The lowest BCUT2D eigenvalue weighted by Gasteiger charge is -2.27. The molecule has 6 nitrogen and oxygen atoms in total. The summed E-state index contributed by atoms with van der Waals surface area (Å²) in [5, 5.41) is 2.98. The summed E-state index contributed by atoms with van der Waals surface area (Å²) in [6, 6.07) is 8.09. The molecule has 0 spiro atoms. The van der Waals surface area contributed by atoms with Crippen LogP contribution in [0.5, 0.6) is 0 Å². The number of sulfone groups is 1. The monoisotopic (exact) mass is 375 g/mol. The standard InChI is InChI=1S/C19H25N3O3S/c23-19(15-9-10-26(24,25)12-15)20-11-13-5-7-14(8-6-13)18-21-16-3-1-2-4-17(16)22-18/h1-4,13-15H,5-12H2,(H,20,23)(H,21,22). The predicted molar refractivity (Wildman–Crippen MR) is 101 cm³/mol. The van der Waals surface area contributed by atoms with E-state index in [9.17, 15) is 13.2 Å². The van der Waals surface area contributed by atoms with Crippen LogP contribution in [0.2, 0.25) is 0 Å². The number of hydrogen-bond donors (Lipinski definition) is 2. The van der Waals surface area contributed by atoms with Crippen molar-refractivity contribution >= 4 is 26.8 Å². The van der Waals surface area contributed by atoms with Crippen LogP contribution in [0.15, 0.2) is 24.3 Å². The first-order valence-corrected chi connectivity index (χ1v) is 11.2. The van der Waals surface area contributed by atoms with E-state index >= 15 is 0 Å². The number of nitrogens with zero attached hydrogens (tertiary/aromatic N) is 1. The van der Waals surface area contributed by atoms with E-state index in [1.807, 2.05) is 18.2 Å². The van der Waals surface area contributed by atoms with Crippen LogP contribution in [0.4, 0.5) is 0 Å². The molecule has 1 saturated carbocycles. The summed E-state index contributed by atoms with van der Waals surface area (Å²) >= 11 is 0. The first kappa shape index (κ1) is 17.5. The van der Waals surface area contributed by atoms with Gasteiger partial charge in [-0.3, -0.25) is 4.79 Å². The number of carbonyl (C=O) groups excluding carboxylic acids is 1. The maximum atomic E-state index is 12.2. The van der Waals surface area contributed by atoms with Gasteiger partial charge in [-0.25, -0.2) is 13.4 Å². The van der Waals surface area contributed by atoms with Crippen LogP contribution in [0.1, 0.15) is 43.8 Å². The van der Waals surface area contributed by atoms with Crippen molar-refractivity contribution in [2.45, 2.75) is 38.0 Å². The van der Waals surface area contributed by atoms with Gasteiger partial charge >= 0.3 is 0 Å². The summed E-state index contributed by atoms with van der Waals surface area (Å²) in [6.45, 7) is 0.655. The third kappa shape index (κ3) is 3.77. The van der Waals surface area contributed by atoms with Gasteiger partial charge in [-0.15, -0.1) is 0 Å². The predicted octanol–water partition coefficient (Wildman–Crippen LogP) is 2.39. The average molecular weight is 375 g/mol. The number of imidazole rings is 1. The van der Waals surface area contributed by atoms with Gasteiger partial charge in [-0.1, -0.05) is 12.1 Å². The van der Waals surface area contributed by atoms with Crippen molar-refractivity contribution in [3.8, 4) is 0 Å². The van der Waals surface area contributed by atoms with Gasteiger partial charge < -0.3 is 10.3 Å². The molecule has 2 N–H and O–H groups in total. The molecule has 26 heavy (non-hydrogen) atoms. The van der Waals surface area contributed by atoms with Gasteiger partial charge in [0.25, 0.3) is 0 Å². The molecule has 2 heterocycles. The number of H-pyrrole nitrogens is 1. The van der Waals surface area contributed by atoms with Crippen LogP contribution in [0, 0.1) is 11.8 Å². The van der Waals surface area contributed by atoms with Crippen molar-refractivity contribution in [2.24, 2.45) is 11.8 Å². The fourth-order valence-electron chi connectivity index (χ4n) is 4.20. The van der Waals surface area contributed by atoms with Crippen LogP contribution in [0.25, 0.3) is 11.0 Å². The lowest BCUT2D eigenvalue weighted by atomic mass is 9.81. The Morgan fingerprint density at radius 1 is 1.15 bits per heavy atom. The molecule has 2 fully saturated rings. The van der Waals surface area contributed by atoms with Crippen molar-refractivity contribution < 1.29 is 13.2 Å². The van der Waals surface area contributed by atoms with E-state index in [2.05, 4.69) is 16.4 Å². The zero-order valence-electron chi connectivity index (χ0n) is 14.8. The average Bonchev–Trinajstić information content (AvgIpc) is 3.23. The molecule has 1 aromatic heterocycles. The molecule has 0 bridgehead atoms. The number of benzene rings is 1. The number of aromatic nitrogens is 2. The van der Waals surface area contributed by atoms with E-state index in [0.29, 0.717) is 24.8 Å². The van der Waals surface area contributed by atoms with Crippen molar-refractivity contribution in [2.75, 3.05) is 18.1 Å². The van der Waals surface area contributed by atoms with E-state index in [1.54, 1.807) is 0 Å². The molecule has 1 aromatic carbocycles. The van der Waals surface area contributed by atoms with E-state index < -0.39 is 9.84 Å². The summed E-state index contributed by atoms with van der Waals surface area (Å²) in [6.07, 6.45) is 4.72. The lowest BCUT2D eigenvalue weighted by molar-refractivity contribution is -0.124. The Hall–Kier alpha value is -1.89. The molecule has 1 saturated heterocycles. The molecule has 0 radical (unpaired) electrons. The van der Waals surface area contributed by atoms with Crippen LogP contribution in [0.3, 0.4) is 0 Å². The Morgan fingerprint density at radius 2 is 1.92 bits per heavy atom. The lowest BCUT2D eigenvalue weighted by Crippen LogP contribution is -2.36. The summed E-state index contributed by atoms with van der Waals surface area (Å²) in [5.74, 6) is 1.71. The number of carbonyl (C=O) groups is 1. The number of hydrogen-bond acceptors (Lipinski definition) is 4. The van der Waals surface area contributed by atoms with Gasteiger partial charge in [0.2, 0.25) is 5.91 Å². The molecule has 1 aliphatic heterocycles. The van der Waals surface area contributed by atoms with Gasteiger partial charge in [0.15, 0.2) is 9.84 Å². The molecule has 1 aliphatic carbocycles. The number of fused-ring (bicyclic) bond motifs is 1. The highest BCUT2D eigenvalue weighted by Crippen LogP contribution is 2.35. The zero-order chi connectivity index (χ0) is 18.1. The minimum Gasteiger partial charge on any atom is -0.356 e. The Labute approximate surface area is 153 Å². The quantitative estimate of drug-likeness (QED) is 0.858. The number of rotatable bonds is 4. The molecule has 2 aliphatic rings. The fourth-order valence-corrected chi connectivity index (χ4v) is 5.94. The second-order valence-corrected chi connectivity index (χ2v) is 9.93. The molecule has 140 valence electrons. The Morgan fingerprint density at radius 3 is 2.62 bits per heavy atom. The first-order chi connectivity index (χ1) is 12.5. The zero-order valence-corrected chi connectivity index (χ0v) is 15.6. The highest BCUT2D eigenvalue weighted by Gasteiger charge is 2.33. The Balaban J connectivity index is 1.26. The first-order valence-electron chi connectivity index (χ1n) is 9.43. The minimum atomic E-state index is -3.00.